The third kappa shape index (κ3) is 4.41. The summed E-state index contributed by atoms with van der Waals surface area (Å²) in [6.07, 6.45) is 0.925. The molecule has 0 radical (unpaired) electrons. The number of hydrogen-bond acceptors (Lipinski definition) is 3. The molecule has 0 aromatic carbocycles. The fraction of sp³-hybridized carbons (Fsp3) is 0.750. The van der Waals surface area contributed by atoms with Gasteiger partial charge in [0.05, 0.1) is 5.01 Å². The van der Waals surface area contributed by atoms with Crippen molar-refractivity contribution in [3.05, 3.63) is 15.6 Å². The van der Waals surface area contributed by atoms with Gasteiger partial charge in [0, 0.05) is 16.7 Å². The molecule has 0 spiro atoms. The number of thiazole rings is 1. The van der Waals surface area contributed by atoms with Gasteiger partial charge in [-0.25, -0.2) is 4.98 Å². The van der Waals surface area contributed by atoms with Crippen LogP contribution in [0.3, 0.4) is 0 Å². The molecule has 0 aliphatic rings. The van der Waals surface area contributed by atoms with Gasteiger partial charge >= 0.3 is 0 Å². The lowest BCUT2D eigenvalue weighted by Gasteiger charge is -2.16. The van der Waals surface area contributed by atoms with E-state index in [0.29, 0.717) is 11.6 Å². The fourth-order valence-corrected chi connectivity index (χ4v) is 3.18. The Morgan fingerprint density at radius 1 is 1.16 bits per heavy atom. The molecule has 0 N–H and O–H groups in total. The first-order valence-electron chi connectivity index (χ1n) is 6.96. The standard InChI is InChI=1S/C16H27NOS/c1-10(2)13-12(14(18)16(6,7)8)17-11(19-13)9-15(3,4)5/h10H,9H2,1-8H3. The number of carbonyl (C=O) groups excluding carboxylic acids is 1. The quantitative estimate of drug-likeness (QED) is 0.723. The van der Waals surface area contributed by atoms with Crippen LogP contribution in [0.2, 0.25) is 0 Å². The van der Waals surface area contributed by atoms with E-state index in [1.165, 1.54) is 0 Å². The molecular weight excluding hydrogens is 254 g/mol. The number of aromatic nitrogens is 1. The number of ketones is 1. The summed E-state index contributed by atoms with van der Waals surface area (Å²) in [5, 5.41) is 1.09. The highest BCUT2D eigenvalue weighted by Crippen LogP contribution is 2.33. The molecule has 0 bridgehead atoms. The highest BCUT2D eigenvalue weighted by atomic mass is 32.1. The van der Waals surface area contributed by atoms with Crippen molar-refractivity contribution in [2.75, 3.05) is 0 Å². The Balaban J connectivity index is 3.20. The predicted molar refractivity (Wildman–Crippen MR) is 83.1 cm³/mol. The summed E-state index contributed by atoms with van der Waals surface area (Å²) in [5.41, 5.74) is 0.539. The van der Waals surface area contributed by atoms with Gasteiger partial charge in [0.25, 0.3) is 0 Å². The third-order valence-corrected chi connectivity index (χ3v) is 4.16. The van der Waals surface area contributed by atoms with Crippen LogP contribution in [-0.4, -0.2) is 10.8 Å². The molecule has 1 rings (SSSR count). The van der Waals surface area contributed by atoms with Crippen LogP contribution in [-0.2, 0) is 6.42 Å². The first kappa shape index (κ1) is 16.4. The van der Waals surface area contributed by atoms with Gasteiger partial charge in [0.2, 0.25) is 0 Å². The van der Waals surface area contributed by atoms with Crippen molar-refractivity contribution in [3.8, 4) is 0 Å². The fourth-order valence-electron chi connectivity index (χ4n) is 1.82. The largest absolute Gasteiger partial charge is 0.292 e. The zero-order valence-corrected chi connectivity index (χ0v) is 14.4. The summed E-state index contributed by atoms with van der Waals surface area (Å²) in [7, 11) is 0. The lowest BCUT2D eigenvalue weighted by Crippen LogP contribution is -2.22. The second-order valence-corrected chi connectivity index (χ2v) is 8.91. The van der Waals surface area contributed by atoms with Gasteiger partial charge in [-0.1, -0.05) is 55.4 Å². The maximum absolute atomic E-state index is 12.5. The van der Waals surface area contributed by atoms with Gasteiger partial charge in [-0.15, -0.1) is 11.3 Å². The smallest absolute Gasteiger partial charge is 0.187 e. The van der Waals surface area contributed by atoms with Gasteiger partial charge in [-0.3, -0.25) is 4.79 Å². The third-order valence-electron chi connectivity index (χ3n) is 2.80. The molecule has 0 atom stereocenters. The Labute approximate surface area is 121 Å². The molecule has 1 aromatic rings. The van der Waals surface area contributed by atoms with E-state index in [9.17, 15) is 4.79 Å². The lowest BCUT2D eigenvalue weighted by atomic mass is 9.87. The van der Waals surface area contributed by atoms with Crippen LogP contribution in [0, 0.1) is 10.8 Å². The molecule has 19 heavy (non-hydrogen) atoms. The van der Waals surface area contributed by atoms with Crippen molar-refractivity contribution in [2.45, 2.75) is 67.7 Å². The molecule has 0 unspecified atom stereocenters. The monoisotopic (exact) mass is 281 g/mol. The minimum absolute atomic E-state index is 0.160. The average molecular weight is 281 g/mol. The minimum atomic E-state index is -0.364. The van der Waals surface area contributed by atoms with Crippen LogP contribution < -0.4 is 0 Å². The minimum Gasteiger partial charge on any atom is -0.292 e. The van der Waals surface area contributed by atoms with E-state index in [2.05, 4.69) is 39.6 Å². The molecule has 0 aliphatic carbocycles. The zero-order chi connectivity index (χ0) is 15.0. The molecule has 3 heteroatoms. The Kier molecular flexibility index (Phi) is 4.61. The van der Waals surface area contributed by atoms with E-state index in [0.717, 1.165) is 16.3 Å². The second-order valence-electron chi connectivity index (χ2n) is 7.79. The maximum atomic E-state index is 12.5. The molecule has 0 fully saturated rings. The van der Waals surface area contributed by atoms with Crippen molar-refractivity contribution in [1.29, 1.82) is 0 Å². The van der Waals surface area contributed by atoms with Crippen LogP contribution in [0.15, 0.2) is 0 Å². The number of hydrogen-bond donors (Lipinski definition) is 0. The van der Waals surface area contributed by atoms with E-state index < -0.39 is 0 Å². The molecule has 0 saturated carbocycles. The summed E-state index contributed by atoms with van der Waals surface area (Å²) < 4.78 is 0. The number of nitrogens with zero attached hydrogens (tertiary/aromatic N) is 1. The van der Waals surface area contributed by atoms with E-state index in [-0.39, 0.29) is 16.6 Å². The molecule has 0 amide bonds. The Hall–Kier alpha value is -0.700. The Morgan fingerprint density at radius 3 is 2.05 bits per heavy atom. The van der Waals surface area contributed by atoms with Gasteiger partial charge in [-0.2, -0.15) is 0 Å². The summed E-state index contributed by atoms with van der Waals surface area (Å²) in [4.78, 5) is 18.3. The van der Waals surface area contributed by atoms with Crippen molar-refractivity contribution < 1.29 is 4.79 Å². The average Bonchev–Trinajstić information content (AvgIpc) is 2.56. The van der Waals surface area contributed by atoms with E-state index in [1.807, 2.05) is 20.8 Å². The zero-order valence-electron chi connectivity index (χ0n) is 13.5. The first-order valence-corrected chi connectivity index (χ1v) is 7.78. The van der Waals surface area contributed by atoms with Crippen molar-refractivity contribution >= 4 is 17.1 Å². The van der Waals surface area contributed by atoms with E-state index >= 15 is 0 Å². The topological polar surface area (TPSA) is 30.0 Å². The highest BCUT2D eigenvalue weighted by Gasteiger charge is 2.30. The van der Waals surface area contributed by atoms with E-state index in [4.69, 9.17) is 0 Å². The highest BCUT2D eigenvalue weighted by molar-refractivity contribution is 7.12. The molecule has 1 aromatic heterocycles. The SMILES string of the molecule is CC(C)c1sc(CC(C)(C)C)nc1C(=O)C(C)(C)C. The van der Waals surface area contributed by atoms with Gasteiger partial charge < -0.3 is 0 Å². The van der Waals surface area contributed by atoms with Gasteiger partial charge in [0.1, 0.15) is 5.69 Å². The number of carbonyl (C=O) groups is 1. The Bertz CT molecular complexity index is 458. The lowest BCUT2D eigenvalue weighted by molar-refractivity contribution is 0.0852. The number of rotatable bonds is 3. The number of Topliss-reactive ketones (excluding diaryl/α,β-unsaturated/α-hetero) is 1. The van der Waals surface area contributed by atoms with Crippen molar-refractivity contribution in [1.82, 2.24) is 4.98 Å². The normalized spacial score (nSPS) is 13.1. The van der Waals surface area contributed by atoms with E-state index in [1.54, 1.807) is 11.3 Å². The summed E-state index contributed by atoms with van der Waals surface area (Å²) in [6.45, 7) is 16.8. The summed E-state index contributed by atoms with van der Waals surface area (Å²) >= 11 is 1.71. The van der Waals surface area contributed by atoms with Crippen LogP contribution in [0.5, 0.6) is 0 Å². The first-order chi connectivity index (χ1) is 8.42. The molecular formula is C16H27NOS. The van der Waals surface area contributed by atoms with Crippen molar-refractivity contribution in [3.63, 3.8) is 0 Å². The van der Waals surface area contributed by atoms with Crippen LogP contribution in [0.1, 0.15) is 81.7 Å². The Morgan fingerprint density at radius 2 is 1.68 bits per heavy atom. The summed E-state index contributed by atoms with van der Waals surface area (Å²) in [6, 6.07) is 0. The molecule has 108 valence electrons. The molecule has 2 nitrogen and oxygen atoms in total. The second kappa shape index (κ2) is 5.35. The summed E-state index contributed by atoms with van der Waals surface area (Å²) in [5.74, 6) is 0.514. The maximum Gasteiger partial charge on any atom is 0.187 e. The van der Waals surface area contributed by atoms with Crippen LogP contribution >= 0.6 is 11.3 Å². The van der Waals surface area contributed by atoms with Crippen LogP contribution in [0.4, 0.5) is 0 Å². The van der Waals surface area contributed by atoms with Crippen molar-refractivity contribution in [2.24, 2.45) is 10.8 Å². The van der Waals surface area contributed by atoms with Gasteiger partial charge in [0.15, 0.2) is 5.78 Å². The molecule has 0 saturated heterocycles. The van der Waals surface area contributed by atoms with Gasteiger partial charge in [-0.05, 0) is 11.3 Å². The molecule has 1 heterocycles. The predicted octanol–water partition coefficient (Wildman–Crippen LogP) is 5.08. The van der Waals surface area contributed by atoms with Crippen LogP contribution in [0.25, 0.3) is 0 Å². The molecule has 0 aliphatic heterocycles.